The fraction of sp³-hybridized carbons (Fsp3) is 0.364. The lowest BCUT2D eigenvalue weighted by molar-refractivity contribution is 0.103. The standard InChI is InChI=1S/C11H11N3O3/c15-7-3-1-5-12-9(7)11-13-10(14-17-11)8-4-2-6-16-8/h1,3,5,8,15H,2,4,6H2. The second kappa shape index (κ2) is 4.14. The maximum Gasteiger partial charge on any atom is 0.280 e. The third-order valence-corrected chi connectivity index (χ3v) is 2.65. The van der Waals surface area contributed by atoms with Gasteiger partial charge in [0.1, 0.15) is 11.9 Å². The van der Waals surface area contributed by atoms with Crippen LogP contribution in [0.5, 0.6) is 5.75 Å². The summed E-state index contributed by atoms with van der Waals surface area (Å²) in [5.74, 6) is 0.756. The fourth-order valence-corrected chi connectivity index (χ4v) is 1.80. The first kappa shape index (κ1) is 10.2. The van der Waals surface area contributed by atoms with Gasteiger partial charge in [0.05, 0.1) is 0 Å². The number of nitrogens with zero attached hydrogens (tertiary/aromatic N) is 3. The van der Waals surface area contributed by atoms with E-state index in [1.165, 1.54) is 6.07 Å². The second-order valence-corrected chi connectivity index (χ2v) is 3.83. The topological polar surface area (TPSA) is 81.3 Å². The number of ether oxygens (including phenoxy) is 1. The average molecular weight is 233 g/mol. The number of hydrogen-bond acceptors (Lipinski definition) is 6. The first-order chi connectivity index (χ1) is 8.34. The van der Waals surface area contributed by atoms with Crippen molar-refractivity contribution in [2.24, 2.45) is 0 Å². The quantitative estimate of drug-likeness (QED) is 0.850. The lowest BCUT2D eigenvalue weighted by Crippen LogP contribution is -1.97. The lowest BCUT2D eigenvalue weighted by Gasteiger charge is -2.00. The lowest BCUT2D eigenvalue weighted by atomic mass is 10.2. The van der Waals surface area contributed by atoms with Crippen molar-refractivity contribution in [3.63, 3.8) is 0 Å². The maximum absolute atomic E-state index is 9.62. The number of pyridine rings is 1. The third kappa shape index (κ3) is 1.87. The molecule has 2 aromatic rings. The van der Waals surface area contributed by atoms with E-state index in [4.69, 9.17) is 9.26 Å². The Labute approximate surface area is 97.3 Å². The molecular weight excluding hydrogens is 222 g/mol. The van der Waals surface area contributed by atoms with Crippen LogP contribution in [-0.4, -0.2) is 26.8 Å². The van der Waals surface area contributed by atoms with Gasteiger partial charge in [-0.3, -0.25) is 0 Å². The van der Waals surface area contributed by atoms with Crippen molar-refractivity contribution in [3.8, 4) is 17.3 Å². The molecule has 0 aliphatic carbocycles. The van der Waals surface area contributed by atoms with Crippen LogP contribution in [0.15, 0.2) is 22.9 Å². The number of hydrogen-bond donors (Lipinski definition) is 1. The van der Waals surface area contributed by atoms with E-state index in [0.29, 0.717) is 11.5 Å². The van der Waals surface area contributed by atoms with E-state index in [-0.39, 0.29) is 17.7 Å². The Morgan fingerprint density at radius 3 is 3.12 bits per heavy atom. The second-order valence-electron chi connectivity index (χ2n) is 3.83. The van der Waals surface area contributed by atoms with Gasteiger partial charge in [0.15, 0.2) is 5.69 Å². The molecule has 1 aliphatic heterocycles. The molecule has 17 heavy (non-hydrogen) atoms. The summed E-state index contributed by atoms with van der Waals surface area (Å²) in [6.07, 6.45) is 3.36. The first-order valence-corrected chi connectivity index (χ1v) is 5.44. The van der Waals surface area contributed by atoms with Crippen molar-refractivity contribution in [2.45, 2.75) is 18.9 Å². The van der Waals surface area contributed by atoms with Crippen LogP contribution >= 0.6 is 0 Å². The smallest absolute Gasteiger partial charge is 0.280 e. The highest BCUT2D eigenvalue weighted by Gasteiger charge is 2.24. The Morgan fingerprint density at radius 1 is 1.41 bits per heavy atom. The van der Waals surface area contributed by atoms with Gasteiger partial charge in [0, 0.05) is 12.8 Å². The Morgan fingerprint density at radius 2 is 2.35 bits per heavy atom. The van der Waals surface area contributed by atoms with Gasteiger partial charge in [-0.15, -0.1) is 0 Å². The van der Waals surface area contributed by atoms with Crippen LogP contribution in [-0.2, 0) is 4.74 Å². The zero-order valence-corrected chi connectivity index (χ0v) is 9.04. The molecular formula is C11H11N3O3. The number of aromatic nitrogens is 3. The largest absolute Gasteiger partial charge is 0.505 e. The summed E-state index contributed by atoms with van der Waals surface area (Å²) in [6.45, 7) is 0.726. The molecule has 0 amide bonds. The highest BCUT2D eigenvalue weighted by atomic mass is 16.5. The molecule has 0 radical (unpaired) electrons. The summed E-state index contributed by atoms with van der Waals surface area (Å²) < 4.78 is 10.5. The van der Waals surface area contributed by atoms with Crippen LogP contribution in [0.1, 0.15) is 24.8 Å². The third-order valence-electron chi connectivity index (χ3n) is 2.65. The van der Waals surface area contributed by atoms with Crippen molar-refractivity contribution < 1.29 is 14.4 Å². The molecule has 0 aromatic carbocycles. The Balaban J connectivity index is 1.92. The van der Waals surface area contributed by atoms with Crippen molar-refractivity contribution >= 4 is 0 Å². The summed E-state index contributed by atoms with van der Waals surface area (Å²) >= 11 is 0. The summed E-state index contributed by atoms with van der Waals surface area (Å²) in [5.41, 5.74) is 0.296. The van der Waals surface area contributed by atoms with Gasteiger partial charge >= 0.3 is 0 Å². The molecule has 2 aromatic heterocycles. The van der Waals surface area contributed by atoms with Gasteiger partial charge in [-0.05, 0) is 25.0 Å². The summed E-state index contributed by atoms with van der Waals surface area (Å²) in [4.78, 5) is 8.20. The van der Waals surface area contributed by atoms with Crippen molar-refractivity contribution in [3.05, 3.63) is 24.2 Å². The maximum atomic E-state index is 9.62. The zero-order valence-electron chi connectivity index (χ0n) is 9.04. The molecule has 3 heterocycles. The van der Waals surface area contributed by atoms with Crippen LogP contribution < -0.4 is 0 Å². The normalized spacial score (nSPS) is 19.6. The van der Waals surface area contributed by atoms with Gasteiger partial charge in [-0.2, -0.15) is 4.98 Å². The predicted octanol–water partition coefficient (Wildman–Crippen LogP) is 1.69. The number of rotatable bonds is 2. The minimum Gasteiger partial charge on any atom is -0.505 e. The minimum absolute atomic E-state index is 0.0232. The van der Waals surface area contributed by atoms with E-state index in [0.717, 1.165) is 19.4 Å². The summed E-state index contributed by atoms with van der Waals surface area (Å²) in [5, 5.41) is 13.5. The summed E-state index contributed by atoms with van der Waals surface area (Å²) in [7, 11) is 0. The van der Waals surface area contributed by atoms with Crippen LogP contribution in [0.2, 0.25) is 0 Å². The predicted molar refractivity (Wildman–Crippen MR) is 57.1 cm³/mol. The molecule has 0 spiro atoms. The van der Waals surface area contributed by atoms with Crippen molar-refractivity contribution in [1.29, 1.82) is 0 Å². The van der Waals surface area contributed by atoms with Gasteiger partial charge in [-0.25, -0.2) is 4.98 Å². The molecule has 1 saturated heterocycles. The van der Waals surface area contributed by atoms with E-state index in [1.807, 2.05) is 0 Å². The Bertz CT molecular complexity index is 520. The average Bonchev–Trinajstić information content (AvgIpc) is 3.00. The minimum atomic E-state index is -0.0987. The molecule has 1 atom stereocenters. The van der Waals surface area contributed by atoms with E-state index in [1.54, 1.807) is 12.3 Å². The molecule has 1 N–H and O–H groups in total. The van der Waals surface area contributed by atoms with E-state index >= 15 is 0 Å². The molecule has 0 saturated carbocycles. The molecule has 1 unspecified atom stereocenters. The first-order valence-electron chi connectivity index (χ1n) is 5.44. The van der Waals surface area contributed by atoms with Crippen LogP contribution in [0.25, 0.3) is 11.6 Å². The van der Waals surface area contributed by atoms with Gasteiger partial charge < -0.3 is 14.4 Å². The highest BCUT2D eigenvalue weighted by Crippen LogP contribution is 2.29. The van der Waals surface area contributed by atoms with Crippen LogP contribution in [0.3, 0.4) is 0 Å². The molecule has 0 bridgehead atoms. The number of aromatic hydroxyl groups is 1. The summed E-state index contributed by atoms with van der Waals surface area (Å²) in [6, 6.07) is 3.16. The molecule has 3 rings (SSSR count). The molecule has 1 fully saturated rings. The van der Waals surface area contributed by atoms with Crippen LogP contribution in [0.4, 0.5) is 0 Å². The van der Waals surface area contributed by atoms with E-state index < -0.39 is 0 Å². The van der Waals surface area contributed by atoms with Gasteiger partial charge in [0.25, 0.3) is 5.89 Å². The molecule has 1 aliphatic rings. The highest BCUT2D eigenvalue weighted by molar-refractivity contribution is 5.55. The van der Waals surface area contributed by atoms with Gasteiger partial charge in [-0.1, -0.05) is 5.16 Å². The van der Waals surface area contributed by atoms with Crippen molar-refractivity contribution in [1.82, 2.24) is 15.1 Å². The SMILES string of the molecule is Oc1cccnc1-c1nc(C2CCCO2)no1. The van der Waals surface area contributed by atoms with E-state index in [2.05, 4.69) is 15.1 Å². The monoisotopic (exact) mass is 233 g/mol. The van der Waals surface area contributed by atoms with E-state index in [9.17, 15) is 5.11 Å². The Hall–Kier alpha value is -1.95. The Kier molecular flexibility index (Phi) is 2.49. The van der Waals surface area contributed by atoms with Gasteiger partial charge in [0.2, 0.25) is 5.82 Å². The molecule has 6 nitrogen and oxygen atoms in total. The fourth-order valence-electron chi connectivity index (χ4n) is 1.80. The van der Waals surface area contributed by atoms with Crippen LogP contribution in [0, 0.1) is 0 Å². The molecule has 88 valence electrons. The van der Waals surface area contributed by atoms with Crippen molar-refractivity contribution in [2.75, 3.05) is 6.61 Å². The molecule has 6 heteroatoms. The zero-order chi connectivity index (χ0) is 11.7.